The molecule has 2 atom stereocenters. The summed E-state index contributed by atoms with van der Waals surface area (Å²) in [6, 6.07) is 3.61. The van der Waals surface area contributed by atoms with Gasteiger partial charge in [0.15, 0.2) is 0 Å². The lowest BCUT2D eigenvalue weighted by Gasteiger charge is -2.22. The zero-order chi connectivity index (χ0) is 15.4. The summed E-state index contributed by atoms with van der Waals surface area (Å²) in [5.74, 6) is -1.16. The van der Waals surface area contributed by atoms with E-state index in [1.54, 1.807) is 0 Å². The lowest BCUT2D eigenvalue weighted by atomic mass is 10.1. The molecule has 1 aromatic rings. The van der Waals surface area contributed by atoms with Crippen molar-refractivity contribution in [1.29, 1.82) is 0 Å². The number of rotatable bonds is 4. The Hall–Kier alpha value is -2.15. The third kappa shape index (κ3) is 3.69. The number of aromatic carboxylic acids is 1. The van der Waals surface area contributed by atoms with Crippen molar-refractivity contribution in [2.24, 2.45) is 0 Å². The number of hydrogen-bond acceptors (Lipinski definition) is 5. The van der Waals surface area contributed by atoms with E-state index in [-0.39, 0.29) is 5.75 Å². The Bertz CT molecular complexity index is 544. The number of carboxylic acid groups (broad SMARTS) is 1. The Morgan fingerprint density at radius 2 is 2.00 bits per heavy atom. The summed E-state index contributed by atoms with van der Waals surface area (Å²) in [7, 11) is 0. The number of aliphatic hydroxyl groups is 1. The highest BCUT2D eigenvalue weighted by atomic mass is 16.6. The Morgan fingerprint density at radius 3 is 2.67 bits per heavy atom. The zero-order valence-corrected chi connectivity index (χ0v) is 11.4. The summed E-state index contributed by atoms with van der Waals surface area (Å²) in [5.41, 5.74) is -0.892. The largest absolute Gasteiger partial charge is 0.488 e. The molecule has 21 heavy (non-hydrogen) atoms. The zero-order valence-electron chi connectivity index (χ0n) is 11.4. The van der Waals surface area contributed by atoms with E-state index in [0.29, 0.717) is 12.8 Å². The number of hydrogen-bond donors (Lipinski definition) is 2. The van der Waals surface area contributed by atoms with Crippen LogP contribution in [0.1, 0.15) is 42.5 Å². The van der Waals surface area contributed by atoms with Crippen LogP contribution < -0.4 is 4.74 Å². The van der Waals surface area contributed by atoms with Gasteiger partial charge < -0.3 is 14.9 Å². The molecule has 0 spiro atoms. The van der Waals surface area contributed by atoms with Gasteiger partial charge in [-0.2, -0.15) is 0 Å². The topological polar surface area (TPSA) is 110 Å². The second-order valence-electron chi connectivity index (χ2n) is 5.10. The number of carbonyl (C=O) groups is 1. The van der Waals surface area contributed by atoms with Crippen molar-refractivity contribution >= 4 is 11.7 Å². The molecular formula is C14H17NO6. The molecule has 0 aliphatic heterocycles. The summed E-state index contributed by atoms with van der Waals surface area (Å²) < 4.78 is 5.64. The summed E-state index contributed by atoms with van der Waals surface area (Å²) in [5, 5.41) is 29.8. The maximum Gasteiger partial charge on any atom is 0.342 e. The summed E-state index contributed by atoms with van der Waals surface area (Å²) in [4.78, 5) is 21.1. The van der Waals surface area contributed by atoms with Gasteiger partial charge in [-0.05, 0) is 25.3 Å². The van der Waals surface area contributed by atoms with E-state index in [9.17, 15) is 20.0 Å². The second kappa shape index (κ2) is 6.53. The number of nitrogens with zero attached hydrogens (tertiary/aromatic N) is 1. The monoisotopic (exact) mass is 295 g/mol. The molecule has 2 rings (SSSR count). The van der Waals surface area contributed by atoms with Crippen molar-refractivity contribution in [3.63, 3.8) is 0 Å². The first kappa shape index (κ1) is 15.2. The molecule has 0 heterocycles. The van der Waals surface area contributed by atoms with E-state index >= 15 is 0 Å². The predicted octanol–water partition coefficient (Wildman–Crippen LogP) is 2.37. The maximum absolute atomic E-state index is 11.1. The van der Waals surface area contributed by atoms with Gasteiger partial charge in [0.25, 0.3) is 5.69 Å². The molecule has 1 fully saturated rings. The molecule has 114 valence electrons. The third-order valence-corrected chi connectivity index (χ3v) is 3.60. The SMILES string of the molecule is O=C(O)c1cc(OC2CCCCCC2O)ccc1[N+](=O)[O-]. The molecule has 2 N–H and O–H groups in total. The van der Waals surface area contributed by atoms with E-state index < -0.39 is 34.4 Å². The molecule has 1 aliphatic carbocycles. The first-order valence-corrected chi connectivity index (χ1v) is 6.85. The van der Waals surface area contributed by atoms with Gasteiger partial charge in [0.1, 0.15) is 17.4 Å². The fraction of sp³-hybridized carbons (Fsp3) is 0.500. The second-order valence-corrected chi connectivity index (χ2v) is 5.10. The highest BCUT2D eigenvalue weighted by Crippen LogP contribution is 2.27. The smallest absolute Gasteiger partial charge is 0.342 e. The van der Waals surface area contributed by atoms with Crippen LogP contribution in [-0.4, -0.2) is 33.3 Å². The number of benzene rings is 1. The van der Waals surface area contributed by atoms with Gasteiger partial charge in [-0.1, -0.05) is 12.8 Å². The minimum atomic E-state index is -1.38. The Balaban J connectivity index is 2.22. The molecule has 0 aromatic heterocycles. The van der Waals surface area contributed by atoms with Crippen LogP contribution in [0.5, 0.6) is 5.75 Å². The Morgan fingerprint density at radius 1 is 1.29 bits per heavy atom. The van der Waals surface area contributed by atoms with Gasteiger partial charge in [-0.25, -0.2) is 4.79 Å². The highest BCUT2D eigenvalue weighted by molar-refractivity contribution is 5.92. The van der Waals surface area contributed by atoms with Gasteiger partial charge >= 0.3 is 5.97 Å². The first-order chi connectivity index (χ1) is 9.99. The van der Waals surface area contributed by atoms with Crippen LogP contribution in [-0.2, 0) is 0 Å². The quantitative estimate of drug-likeness (QED) is 0.501. The molecule has 1 aliphatic rings. The van der Waals surface area contributed by atoms with E-state index in [1.807, 2.05) is 0 Å². The van der Waals surface area contributed by atoms with Crippen molar-refractivity contribution in [2.45, 2.75) is 44.3 Å². The van der Waals surface area contributed by atoms with Crippen LogP contribution in [0, 0.1) is 10.1 Å². The number of aliphatic hydroxyl groups excluding tert-OH is 1. The number of carboxylic acids is 1. The van der Waals surface area contributed by atoms with E-state index in [2.05, 4.69) is 0 Å². The molecule has 7 nitrogen and oxygen atoms in total. The maximum atomic E-state index is 11.1. The van der Waals surface area contributed by atoms with E-state index in [4.69, 9.17) is 9.84 Å². The van der Waals surface area contributed by atoms with Crippen molar-refractivity contribution in [3.8, 4) is 5.75 Å². The highest BCUT2D eigenvalue weighted by Gasteiger charge is 2.25. The van der Waals surface area contributed by atoms with Gasteiger partial charge in [0.05, 0.1) is 11.0 Å². The lowest BCUT2D eigenvalue weighted by Crippen LogP contribution is -2.30. The average Bonchev–Trinajstić information content (AvgIpc) is 2.64. The van der Waals surface area contributed by atoms with E-state index in [0.717, 1.165) is 31.4 Å². The number of nitro groups is 1. The van der Waals surface area contributed by atoms with Crippen LogP contribution in [0.15, 0.2) is 18.2 Å². The van der Waals surface area contributed by atoms with Crippen molar-refractivity contribution in [1.82, 2.24) is 0 Å². The lowest BCUT2D eigenvalue weighted by molar-refractivity contribution is -0.385. The minimum Gasteiger partial charge on any atom is -0.488 e. The molecule has 0 saturated heterocycles. The van der Waals surface area contributed by atoms with Crippen molar-refractivity contribution < 1.29 is 24.7 Å². The summed E-state index contributed by atoms with van der Waals surface area (Å²) >= 11 is 0. The molecule has 2 unspecified atom stereocenters. The summed E-state index contributed by atoms with van der Waals surface area (Å²) in [6.07, 6.45) is 3.20. The molecule has 0 amide bonds. The molecule has 0 radical (unpaired) electrons. The van der Waals surface area contributed by atoms with Crippen LogP contribution in [0.2, 0.25) is 0 Å². The van der Waals surface area contributed by atoms with Gasteiger partial charge in [-0.15, -0.1) is 0 Å². The van der Waals surface area contributed by atoms with E-state index in [1.165, 1.54) is 6.07 Å². The van der Waals surface area contributed by atoms with Crippen LogP contribution in [0.4, 0.5) is 5.69 Å². The fourth-order valence-electron chi connectivity index (χ4n) is 2.49. The average molecular weight is 295 g/mol. The number of nitro benzene ring substituents is 1. The summed E-state index contributed by atoms with van der Waals surface area (Å²) in [6.45, 7) is 0. The third-order valence-electron chi connectivity index (χ3n) is 3.60. The molecule has 1 saturated carbocycles. The number of ether oxygens (including phenoxy) is 1. The van der Waals surface area contributed by atoms with Gasteiger partial charge in [0.2, 0.25) is 0 Å². The molecule has 7 heteroatoms. The Kier molecular flexibility index (Phi) is 4.74. The predicted molar refractivity (Wildman–Crippen MR) is 73.6 cm³/mol. The molecular weight excluding hydrogens is 278 g/mol. The van der Waals surface area contributed by atoms with Crippen LogP contribution in [0.25, 0.3) is 0 Å². The normalized spacial score (nSPS) is 22.3. The first-order valence-electron chi connectivity index (χ1n) is 6.85. The standard InChI is InChI=1S/C14H17NO6/c16-12-4-2-1-3-5-13(12)21-9-6-7-11(15(19)20)10(8-9)14(17)18/h6-8,12-13,16H,1-5H2,(H,17,18). The van der Waals surface area contributed by atoms with Gasteiger partial charge in [0, 0.05) is 12.1 Å². The molecule has 0 bridgehead atoms. The fourth-order valence-corrected chi connectivity index (χ4v) is 2.49. The van der Waals surface area contributed by atoms with Crippen LogP contribution in [0.3, 0.4) is 0 Å². The van der Waals surface area contributed by atoms with Crippen LogP contribution >= 0.6 is 0 Å². The molecule has 1 aromatic carbocycles. The minimum absolute atomic E-state index is 0.226. The van der Waals surface area contributed by atoms with Crippen molar-refractivity contribution in [2.75, 3.05) is 0 Å². The Labute approximate surface area is 121 Å². The van der Waals surface area contributed by atoms with Gasteiger partial charge in [-0.3, -0.25) is 10.1 Å². The van der Waals surface area contributed by atoms with Crippen molar-refractivity contribution in [3.05, 3.63) is 33.9 Å².